The summed E-state index contributed by atoms with van der Waals surface area (Å²) in [5.74, 6) is 0.822. The van der Waals surface area contributed by atoms with Crippen LogP contribution in [0.5, 0.6) is 5.75 Å². The lowest BCUT2D eigenvalue weighted by molar-refractivity contribution is 0.0828. The van der Waals surface area contributed by atoms with Gasteiger partial charge in [0.2, 0.25) is 0 Å². The minimum Gasteiger partial charge on any atom is -0.489 e. The third-order valence-electron chi connectivity index (χ3n) is 6.66. The molecule has 4 nitrogen and oxygen atoms in total. The predicted octanol–water partition coefficient (Wildman–Crippen LogP) is 8.10. The van der Waals surface area contributed by atoms with Crippen LogP contribution in [0.1, 0.15) is 112 Å². The summed E-state index contributed by atoms with van der Waals surface area (Å²) in [5.41, 5.74) is 3.98. The highest BCUT2D eigenvalue weighted by Gasteiger charge is 2.34. The van der Waals surface area contributed by atoms with E-state index >= 15 is 0 Å². The summed E-state index contributed by atoms with van der Waals surface area (Å²) in [7, 11) is -1.52. The molecule has 0 aliphatic rings. The first-order valence-corrected chi connectivity index (χ1v) is 17.4. The first-order chi connectivity index (χ1) is 18.6. The van der Waals surface area contributed by atoms with Crippen molar-refractivity contribution in [1.82, 2.24) is 0 Å². The topological polar surface area (TPSA) is 47.9 Å². The number of rotatable bonds is 12. The Morgan fingerprint density at radius 1 is 0.756 bits per heavy atom. The highest BCUT2D eigenvalue weighted by atomic mass is 28.2. The zero-order valence-electron chi connectivity index (χ0n) is 28.1. The van der Waals surface area contributed by atoms with Gasteiger partial charge in [-0.3, -0.25) is 0 Å². The Morgan fingerprint density at radius 2 is 1.32 bits per heavy atom. The molecule has 0 fully saturated rings. The van der Waals surface area contributed by atoms with Gasteiger partial charge in [-0.2, -0.15) is 0 Å². The number of allylic oxidation sites excluding steroid dienone is 3. The minimum atomic E-state index is -0.833. The van der Waals surface area contributed by atoms with Crippen LogP contribution in [-0.2, 0) is 26.7 Å². The SMILES string of the molecule is CC(=CC=CC(C)(C)O)c1cccc(OCc2ccc(C(C)(C)O[SiH2]C(C)(C)C)c(C(C)(C)O[SiH2]C(C)(C)C)c2)c1. The second-order valence-corrected chi connectivity index (χ2v) is 20.7. The molecule has 0 aromatic heterocycles. The minimum absolute atomic E-state index is 0.199. The second kappa shape index (κ2) is 13.6. The molecule has 0 spiro atoms. The van der Waals surface area contributed by atoms with Gasteiger partial charge in [-0.15, -0.1) is 0 Å². The number of hydrogen-bond acceptors (Lipinski definition) is 4. The Hall–Kier alpha value is -1.97. The fourth-order valence-corrected chi connectivity index (χ4v) is 6.07. The molecule has 0 aliphatic heterocycles. The zero-order valence-corrected chi connectivity index (χ0v) is 30.9. The maximum Gasteiger partial charge on any atom is 0.168 e. The van der Waals surface area contributed by atoms with E-state index in [4.69, 9.17) is 13.6 Å². The van der Waals surface area contributed by atoms with Gasteiger partial charge in [0.15, 0.2) is 19.5 Å². The molecule has 6 heteroatoms. The smallest absolute Gasteiger partial charge is 0.168 e. The normalized spacial score (nSPS) is 14.7. The molecular weight excluding hydrogens is 541 g/mol. The standard InChI is InChI=1S/C35H56O4Si2/c1-25(16-15-21-33(8,9)36)27-17-14-18-28(23-27)37-24-26-19-20-29(34(10,11)38-40-31(2,3)4)30(22-26)35(12,13)39-41-32(5,6)7/h14-23,36H,24,40-41H2,1-13H3. The summed E-state index contributed by atoms with van der Waals surface area (Å²) in [4.78, 5) is 0. The molecule has 0 saturated heterocycles. The summed E-state index contributed by atoms with van der Waals surface area (Å²) in [6.45, 7) is 28.4. The van der Waals surface area contributed by atoms with Crippen molar-refractivity contribution in [3.05, 3.63) is 82.9 Å². The van der Waals surface area contributed by atoms with Crippen LogP contribution in [0, 0.1) is 0 Å². The molecule has 0 unspecified atom stereocenters. The van der Waals surface area contributed by atoms with Crippen LogP contribution in [-0.4, -0.2) is 30.2 Å². The Morgan fingerprint density at radius 3 is 1.85 bits per heavy atom. The summed E-state index contributed by atoms with van der Waals surface area (Å²) in [6, 6.07) is 14.8. The van der Waals surface area contributed by atoms with Crippen molar-refractivity contribution in [1.29, 1.82) is 0 Å². The molecule has 0 atom stereocenters. The van der Waals surface area contributed by atoms with Gasteiger partial charge in [0, 0.05) is 0 Å². The highest BCUT2D eigenvalue weighted by Crippen LogP contribution is 2.39. The van der Waals surface area contributed by atoms with E-state index in [9.17, 15) is 5.11 Å². The van der Waals surface area contributed by atoms with Gasteiger partial charge < -0.3 is 18.7 Å². The van der Waals surface area contributed by atoms with E-state index in [2.05, 4.69) is 106 Å². The van der Waals surface area contributed by atoms with Crippen LogP contribution in [0.15, 0.2) is 60.7 Å². The van der Waals surface area contributed by atoms with Gasteiger partial charge >= 0.3 is 0 Å². The summed E-state index contributed by atoms with van der Waals surface area (Å²) in [6.07, 6.45) is 5.69. The fourth-order valence-electron chi connectivity index (χ4n) is 4.18. The van der Waals surface area contributed by atoms with Gasteiger partial charge in [0.05, 0.1) is 16.8 Å². The molecule has 228 valence electrons. The lowest BCUT2D eigenvalue weighted by atomic mass is 9.84. The van der Waals surface area contributed by atoms with E-state index in [0.29, 0.717) is 6.61 Å². The van der Waals surface area contributed by atoms with Crippen LogP contribution < -0.4 is 4.74 Å². The number of benzene rings is 2. The second-order valence-electron chi connectivity index (χ2n) is 15.3. The van der Waals surface area contributed by atoms with Gasteiger partial charge in [0.25, 0.3) is 0 Å². The van der Waals surface area contributed by atoms with Crippen molar-refractivity contribution < 1.29 is 18.7 Å². The average molecular weight is 597 g/mol. The Kier molecular flexibility index (Phi) is 11.6. The van der Waals surface area contributed by atoms with E-state index < -0.39 is 36.3 Å². The monoisotopic (exact) mass is 596 g/mol. The molecule has 0 saturated carbocycles. The molecule has 2 aromatic rings. The predicted molar refractivity (Wildman–Crippen MR) is 181 cm³/mol. The van der Waals surface area contributed by atoms with Crippen molar-refractivity contribution in [2.24, 2.45) is 0 Å². The largest absolute Gasteiger partial charge is 0.489 e. The van der Waals surface area contributed by atoms with E-state index in [1.165, 1.54) is 11.1 Å². The van der Waals surface area contributed by atoms with Crippen molar-refractivity contribution in [3.8, 4) is 5.75 Å². The van der Waals surface area contributed by atoms with Gasteiger partial charge in [-0.25, -0.2) is 0 Å². The van der Waals surface area contributed by atoms with Crippen LogP contribution in [0.2, 0.25) is 10.1 Å². The summed E-state index contributed by atoms with van der Waals surface area (Å²) < 4.78 is 19.7. The van der Waals surface area contributed by atoms with Crippen molar-refractivity contribution in [2.45, 2.75) is 123 Å². The maximum atomic E-state index is 9.93. The van der Waals surface area contributed by atoms with Crippen molar-refractivity contribution in [2.75, 3.05) is 0 Å². The van der Waals surface area contributed by atoms with Crippen molar-refractivity contribution in [3.63, 3.8) is 0 Å². The van der Waals surface area contributed by atoms with E-state index in [1.807, 2.05) is 24.3 Å². The Bertz CT molecular complexity index is 1210. The summed E-state index contributed by atoms with van der Waals surface area (Å²) >= 11 is 0. The Labute approximate surface area is 255 Å². The first kappa shape index (κ1) is 35.2. The van der Waals surface area contributed by atoms with Crippen molar-refractivity contribution >= 4 is 25.1 Å². The Balaban J connectivity index is 2.36. The van der Waals surface area contributed by atoms with Crippen LogP contribution >= 0.6 is 0 Å². The van der Waals surface area contributed by atoms with Gasteiger partial charge in [0.1, 0.15) is 12.4 Å². The molecular formula is C35H56O4Si2. The van der Waals surface area contributed by atoms with Crippen LogP contribution in [0.3, 0.4) is 0 Å². The molecule has 2 aromatic carbocycles. The van der Waals surface area contributed by atoms with E-state index in [0.717, 1.165) is 22.4 Å². The number of ether oxygens (including phenoxy) is 1. The number of aliphatic hydroxyl groups is 1. The average Bonchev–Trinajstić information content (AvgIpc) is 2.83. The third kappa shape index (κ3) is 12.4. The molecule has 1 N–H and O–H groups in total. The van der Waals surface area contributed by atoms with Crippen LogP contribution in [0.4, 0.5) is 0 Å². The van der Waals surface area contributed by atoms with Gasteiger partial charge in [-0.1, -0.05) is 84.0 Å². The molecule has 0 radical (unpaired) electrons. The van der Waals surface area contributed by atoms with E-state index in [-0.39, 0.29) is 10.1 Å². The maximum absolute atomic E-state index is 9.93. The molecule has 0 bridgehead atoms. The highest BCUT2D eigenvalue weighted by molar-refractivity contribution is 6.32. The number of hydrogen-bond donors (Lipinski definition) is 1. The van der Waals surface area contributed by atoms with E-state index in [1.54, 1.807) is 19.9 Å². The molecule has 0 heterocycles. The molecule has 0 amide bonds. The molecule has 41 heavy (non-hydrogen) atoms. The molecule has 2 rings (SSSR count). The lowest BCUT2D eigenvalue weighted by Gasteiger charge is -2.38. The van der Waals surface area contributed by atoms with Gasteiger partial charge in [-0.05, 0) is 105 Å². The fraction of sp³-hybridized carbons (Fsp3) is 0.543. The zero-order chi connectivity index (χ0) is 31.3. The first-order valence-electron chi connectivity index (χ1n) is 14.8. The van der Waals surface area contributed by atoms with Crippen LogP contribution in [0.25, 0.3) is 5.57 Å². The lowest BCUT2D eigenvalue weighted by Crippen LogP contribution is -2.34. The summed E-state index contributed by atoms with van der Waals surface area (Å²) in [5, 5.41) is 10.3. The molecule has 0 aliphatic carbocycles. The third-order valence-corrected chi connectivity index (χ3v) is 10.1. The quantitative estimate of drug-likeness (QED) is 0.199.